The lowest BCUT2D eigenvalue weighted by Crippen LogP contribution is -2.11. The molecule has 7 nitrogen and oxygen atoms in total. The van der Waals surface area contributed by atoms with Gasteiger partial charge in [0, 0.05) is 29.8 Å². The average Bonchev–Trinajstić information content (AvgIpc) is 3.05. The van der Waals surface area contributed by atoms with Gasteiger partial charge in [0.15, 0.2) is 0 Å². The number of fused-ring (bicyclic) bond motifs is 1. The van der Waals surface area contributed by atoms with Crippen LogP contribution in [-0.4, -0.2) is 36.5 Å². The van der Waals surface area contributed by atoms with Crippen LogP contribution in [-0.2, 0) is 16.4 Å². The normalized spacial score (nSPS) is 12.3. The minimum absolute atomic E-state index is 0.0553. The summed E-state index contributed by atoms with van der Waals surface area (Å²) in [5, 5.41) is 4.84. The molecule has 0 aliphatic heterocycles. The summed E-state index contributed by atoms with van der Waals surface area (Å²) in [6, 6.07) is 2.38. The van der Waals surface area contributed by atoms with Gasteiger partial charge in [-0.25, -0.2) is 36.1 Å². The monoisotopic (exact) mass is 466 g/mol. The number of rotatable bonds is 7. The molecule has 0 aliphatic rings. The summed E-state index contributed by atoms with van der Waals surface area (Å²) in [6.45, 7) is 0. The van der Waals surface area contributed by atoms with Gasteiger partial charge < -0.3 is 4.74 Å². The molecule has 0 amide bonds. The number of ether oxygens (including phenoxy) is 1. The standard InChI is InChI=1S/C17H15ClF4N4O3S/c1-29-16-8(2-5-12(19)20)6-24-17(25-16)26-7-11(30(23,27)28)9-3-4-10(18)13(14(9)26)15(21)22/h3-4,6-7,12,15H,2,5H2,1H3,(H2,23,27,28). The van der Waals surface area contributed by atoms with Crippen LogP contribution in [0, 0.1) is 0 Å². The Kier molecular flexibility index (Phi) is 6.20. The Morgan fingerprint density at radius 1 is 1.27 bits per heavy atom. The molecule has 0 saturated carbocycles. The quantitative estimate of drug-likeness (QED) is 0.533. The second-order valence-corrected chi connectivity index (χ2v) is 8.14. The molecule has 3 rings (SSSR count). The summed E-state index contributed by atoms with van der Waals surface area (Å²) >= 11 is 5.93. The van der Waals surface area contributed by atoms with Crippen LogP contribution in [0.2, 0.25) is 5.02 Å². The smallest absolute Gasteiger partial charge is 0.267 e. The number of nitrogens with two attached hydrogens (primary N) is 1. The van der Waals surface area contributed by atoms with Crippen LogP contribution in [0.3, 0.4) is 0 Å². The van der Waals surface area contributed by atoms with Gasteiger partial charge in [-0.15, -0.1) is 0 Å². The Morgan fingerprint density at radius 3 is 2.53 bits per heavy atom. The summed E-state index contributed by atoms with van der Waals surface area (Å²) in [4.78, 5) is 7.66. The Balaban J connectivity index is 2.29. The van der Waals surface area contributed by atoms with E-state index in [-0.39, 0.29) is 39.7 Å². The van der Waals surface area contributed by atoms with Crippen LogP contribution in [0.4, 0.5) is 17.6 Å². The van der Waals surface area contributed by atoms with Crippen LogP contribution in [0.1, 0.15) is 24.0 Å². The summed E-state index contributed by atoms with van der Waals surface area (Å²) in [5.74, 6) is -0.281. The summed E-state index contributed by atoms with van der Waals surface area (Å²) in [7, 11) is -3.04. The SMILES string of the molecule is COc1nc(-n2cc(S(N)(=O)=O)c3ccc(Cl)c(C(F)F)c32)ncc1CCC(F)F. The van der Waals surface area contributed by atoms with Crippen molar-refractivity contribution in [3.05, 3.63) is 40.7 Å². The van der Waals surface area contributed by atoms with Crippen molar-refractivity contribution >= 4 is 32.5 Å². The third-order valence-electron chi connectivity index (χ3n) is 4.29. The maximum atomic E-state index is 13.7. The average molecular weight is 467 g/mol. The molecule has 162 valence electrons. The van der Waals surface area contributed by atoms with Gasteiger partial charge in [0.2, 0.25) is 28.3 Å². The first-order valence-corrected chi connectivity index (χ1v) is 10.3. The zero-order valence-electron chi connectivity index (χ0n) is 15.3. The van der Waals surface area contributed by atoms with Crippen molar-refractivity contribution in [2.75, 3.05) is 7.11 Å². The maximum absolute atomic E-state index is 13.7. The highest BCUT2D eigenvalue weighted by molar-refractivity contribution is 7.89. The Morgan fingerprint density at radius 2 is 1.97 bits per heavy atom. The van der Waals surface area contributed by atoms with Gasteiger partial charge in [-0.3, -0.25) is 4.57 Å². The van der Waals surface area contributed by atoms with Crippen LogP contribution in [0.5, 0.6) is 5.88 Å². The number of aromatic nitrogens is 3. The molecule has 1 aromatic carbocycles. The molecule has 2 heterocycles. The van der Waals surface area contributed by atoms with Crippen LogP contribution in [0.25, 0.3) is 16.9 Å². The number of primary sulfonamides is 1. The molecule has 0 radical (unpaired) electrons. The highest BCUT2D eigenvalue weighted by Crippen LogP contribution is 2.38. The number of alkyl halides is 4. The third-order valence-corrected chi connectivity index (χ3v) is 5.56. The number of nitrogens with zero attached hydrogens (tertiary/aromatic N) is 3. The number of benzene rings is 1. The lowest BCUT2D eigenvalue weighted by atomic mass is 10.1. The van der Waals surface area contributed by atoms with E-state index in [2.05, 4.69) is 9.97 Å². The summed E-state index contributed by atoms with van der Waals surface area (Å²) in [5.41, 5.74) is -0.603. The molecule has 0 bridgehead atoms. The highest BCUT2D eigenvalue weighted by atomic mass is 35.5. The van der Waals surface area contributed by atoms with Crippen molar-refractivity contribution in [2.45, 2.75) is 30.6 Å². The van der Waals surface area contributed by atoms with E-state index in [0.29, 0.717) is 0 Å². The van der Waals surface area contributed by atoms with Crippen molar-refractivity contribution in [2.24, 2.45) is 5.14 Å². The molecule has 2 N–H and O–H groups in total. The molecule has 0 unspecified atom stereocenters. The van der Waals surface area contributed by atoms with Crippen LogP contribution < -0.4 is 9.88 Å². The van der Waals surface area contributed by atoms with Crippen molar-refractivity contribution in [3.8, 4) is 11.8 Å². The van der Waals surface area contributed by atoms with E-state index < -0.39 is 39.8 Å². The minimum Gasteiger partial charge on any atom is -0.481 e. The van der Waals surface area contributed by atoms with Gasteiger partial charge in [0.05, 0.1) is 23.2 Å². The summed E-state index contributed by atoms with van der Waals surface area (Å²) in [6.07, 6.45) is -3.92. The maximum Gasteiger partial charge on any atom is 0.267 e. The van der Waals surface area contributed by atoms with E-state index in [1.54, 1.807) is 0 Å². The topological polar surface area (TPSA) is 100 Å². The van der Waals surface area contributed by atoms with E-state index in [0.717, 1.165) is 16.8 Å². The molecular weight excluding hydrogens is 452 g/mol. The second-order valence-electron chi connectivity index (χ2n) is 6.20. The zero-order valence-corrected chi connectivity index (χ0v) is 16.9. The first-order valence-electron chi connectivity index (χ1n) is 8.37. The van der Waals surface area contributed by atoms with Gasteiger partial charge in [-0.2, -0.15) is 4.98 Å². The fourth-order valence-electron chi connectivity index (χ4n) is 3.00. The largest absolute Gasteiger partial charge is 0.481 e. The molecule has 0 aliphatic carbocycles. The first kappa shape index (κ1) is 22.2. The van der Waals surface area contributed by atoms with Crippen molar-refractivity contribution in [1.82, 2.24) is 14.5 Å². The number of hydrogen-bond acceptors (Lipinski definition) is 5. The molecule has 2 aromatic heterocycles. The molecule has 0 saturated heterocycles. The molecule has 3 aromatic rings. The van der Waals surface area contributed by atoms with Gasteiger partial charge in [0.1, 0.15) is 4.90 Å². The van der Waals surface area contributed by atoms with Crippen molar-refractivity contribution in [3.63, 3.8) is 0 Å². The number of methoxy groups -OCH3 is 1. The van der Waals surface area contributed by atoms with E-state index in [1.807, 2.05) is 0 Å². The predicted octanol–water partition coefficient (Wildman–Crippen LogP) is 3.87. The van der Waals surface area contributed by atoms with Gasteiger partial charge in [0.25, 0.3) is 6.43 Å². The molecule has 0 atom stereocenters. The fourth-order valence-corrected chi connectivity index (χ4v) is 3.95. The third kappa shape index (κ3) is 4.20. The van der Waals surface area contributed by atoms with E-state index in [1.165, 1.54) is 19.4 Å². The lowest BCUT2D eigenvalue weighted by Gasteiger charge is -2.12. The molecule has 0 fully saturated rings. The Bertz CT molecular complexity index is 1200. The highest BCUT2D eigenvalue weighted by Gasteiger charge is 2.26. The van der Waals surface area contributed by atoms with Gasteiger partial charge in [-0.1, -0.05) is 11.6 Å². The second kappa shape index (κ2) is 8.36. The molecule has 30 heavy (non-hydrogen) atoms. The minimum atomic E-state index is -4.29. The number of hydrogen-bond donors (Lipinski definition) is 1. The Labute approximate surface area is 173 Å². The molecule has 0 spiro atoms. The number of sulfonamides is 1. The van der Waals surface area contributed by atoms with E-state index >= 15 is 0 Å². The fraction of sp³-hybridized carbons (Fsp3) is 0.294. The number of halogens is 5. The van der Waals surface area contributed by atoms with Crippen LogP contribution in [0.15, 0.2) is 29.4 Å². The predicted molar refractivity (Wildman–Crippen MR) is 101 cm³/mol. The van der Waals surface area contributed by atoms with Crippen molar-refractivity contribution in [1.29, 1.82) is 0 Å². The zero-order chi connectivity index (χ0) is 22.2. The lowest BCUT2D eigenvalue weighted by molar-refractivity contribution is 0.137. The Hall–Kier alpha value is -2.44. The van der Waals surface area contributed by atoms with Crippen molar-refractivity contribution < 1.29 is 30.7 Å². The molecule has 13 heteroatoms. The summed E-state index contributed by atoms with van der Waals surface area (Å²) < 4.78 is 82.6. The van der Waals surface area contributed by atoms with Gasteiger partial charge in [-0.05, 0) is 18.6 Å². The van der Waals surface area contributed by atoms with E-state index in [9.17, 15) is 26.0 Å². The van der Waals surface area contributed by atoms with Crippen LogP contribution >= 0.6 is 11.6 Å². The first-order chi connectivity index (χ1) is 14.0. The molecular formula is C17H15ClF4N4O3S. The van der Waals surface area contributed by atoms with E-state index in [4.69, 9.17) is 21.5 Å². The van der Waals surface area contributed by atoms with Gasteiger partial charge >= 0.3 is 0 Å². The number of aryl methyl sites for hydroxylation is 1.